The summed E-state index contributed by atoms with van der Waals surface area (Å²) >= 11 is 0. The van der Waals surface area contributed by atoms with E-state index in [4.69, 9.17) is 15.2 Å². The topological polar surface area (TPSA) is 56.5 Å². The van der Waals surface area contributed by atoms with Crippen molar-refractivity contribution in [1.29, 1.82) is 0 Å². The van der Waals surface area contributed by atoms with Crippen molar-refractivity contribution in [2.24, 2.45) is 5.92 Å². The van der Waals surface area contributed by atoms with Crippen molar-refractivity contribution in [2.75, 3.05) is 31.4 Å². The zero-order valence-electron chi connectivity index (χ0n) is 10.4. The standard InChI is InChI=1S/C13H20N2O2/c1-9-8-17-6-5-12(9)15-10-3-4-11(14)13(7-10)16-2/h3-4,7,9,12,15H,5-6,8,14H2,1-2H3. The van der Waals surface area contributed by atoms with E-state index in [1.165, 1.54) is 0 Å². The summed E-state index contributed by atoms with van der Waals surface area (Å²) in [6.07, 6.45) is 1.04. The van der Waals surface area contributed by atoms with Gasteiger partial charge in [0.25, 0.3) is 0 Å². The summed E-state index contributed by atoms with van der Waals surface area (Å²) in [4.78, 5) is 0. The van der Waals surface area contributed by atoms with E-state index in [1.807, 2.05) is 18.2 Å². The number of hydrogen-bond acceptors (Lipinski definition) is 4. The second-order valence-electron chi connectivity index (χ2n) is 4.55. The monoisotopic (exact) mass is 236 g/mol. The lowest BCUT2D eigenvalue weighted by molar-refractivity contribution is 0.0538. The lowest BCUT2D eigenvalue weighted by atomic mass is 9.97. The summed E-state index contributed by atoms with van der Waals surface area (Å²) in [6, 6.07) is 6.25. The van der Waals surface area contributed by atoms with E-state index >= 15 is 0 Å². The van der Waals surface area contributed by atoms with Gasteiger partial charge in [0.05, 0.1) is 19.4 Å². The fourth-order valence-electron chi connectivity index (χ4n) is 2.11. The van der Waals surface area contributed by atoms with Crippen LogP contribution in [-0.4, -0.2) is 26.4 Å². The van der Waals surface area contributed by atoms with Crippen LogP contribution in [0.25, 0.3) is 0 Å². The van der Waals surface area contributed by atoms with Crippen LogP contribution in [0.2, 0.25) is 0 Å². The highest BCUT2D eigenvalue weighted by molar-refractivity contribution is 5.61. The summed E-state index contributed by atoms with van der Waals surface area (Å²) in [5.41, 5.74) is 7.50. The molecule has 1 saturated heterocycles. The molecule has 3 N–H and O–H groups in total. The fourth-order valence-corrected chi connectivity index (χ4v) is 2.11. The van der Waals surface area contributed by atoms with Crippen LogP contribution in [0.15, 0.2) is 18.2 Å². The summed E-state index contributed by atoms with van der Waals surface area (Å²) < 4.78 is 10.6. The third kappa shape index (κ3) is 2.82. The van der Waals surface area contributed by atoms with Crippen molar-refractivity contribution in [3.8, 4) is 5.75 Å². The van der Waals surface area contributed by atoms with E-state index in [0.29, 0.717) is 17.6 Å². The van der Waals surface area contributed by atoms with Gasteiger partial charge >= 0.3 is 0 Å². The largest absolute Gasteiger partial charge is 0.495 e. The Morgan fingerprint density at radius 1 is 1.47 bits per heavy atom. The van der Waals surface area contributed by atoms with Crippen LogP contribution in [0, 0.1) is 5.92 Å². The molecule has 0 amide bonds. The Morgan fingerprint density at radius 2 is 2.29 bits per heavy atom. The van der Waals surface area contributed by atoms with Crippen molar-refractivity contribution in [3.63, 3.8) is 0 Å². The Balaban J connectivity index is 2.07. The highest BCUT2D eigenvalue weighted by Crippen LogP contribution is 2.27. The number of nitrogen functional groups attached to an aromatic ring is 1. The molecule has 1 aliphatic rings. The Morgan fingerprint density at radius 3 is 3.00 bits per heavy atom. The number of benzene rings is 1. The molecule has 4 heteroatoms. The molecule has 2 unspecified atom stereocenters. The maximum Gasteiger partial charge on any atom is 0.143 e. The van der Waals surface area contributed by atoms with Gasteiger partial charge in [-0.25, -0.2) is 0 Å². The van der Waals surface area contributed by atoms with E-state index in [-0.39, 0.29) is 0 Å². The number of rotatable bonds is 3. The fraction of sp³-hybridized carbons (Fsp3) is 0.538. The molecule has 4 nitrogen and oxygen atoms in total. The molecule has 1 fully saturated rings. The molecule has 0 bridgehead atoms. The average molecular weight is 236 g/mol. The summed E-state index contributed by atoms with van der Waals surface area (Å²) in [7, 11) is 1.63. The Kier molecular flexibility index (Phi) is 3.74. The van der Waals surface area contributed by atoms with E-state index in [1.54, 1.807) is 7.11 Å². The van der Waals surface area contributed by atoms with Crippen LogP contribution in [0.4, 0.5) is 11.4 Å². The highest BCUT2D eigenvalue weighted by atomic mass is 16.5. The van der Waals surface area contributed by atoms with Gasteiger partial charge in [-0.3, -0.25) is 0 Å². The molecule has 1 aliphatic heterocycles. The molecule has 1 heterocycles. The van der Waals surface area contributed by atoms with Crippen molar-refractivity contribution < 1.29 is 9.47 Å². The first-order valence-electron chi connectivity index (χ1n) is 5.98. The third-order valence-corrected chi connectivity index (χ3v) is 3.23. The molecule has 0 aliphatic carbocycles. The molecule has 2 rings (SSSR count). The maximum absolute atomic E-state index is 5.79. The van der Waals surface area contributed by atoms with E-state index in [0.717, 1.165) is 31.1 Å². The van der Waals surface area contributed by atoms with Crippen molar-refractivity contribution in [3.05, 3.63) is 18.2 Å². The average Bonchev–Trinajstić information content (AvgIpc) is 2.34. The van der Waals surface area contributed by atoms with Gasteiger partial charge in [-0.15, -0.1) is 0 Å². The minimum atomic E-state index is 0.456. The lowest BCUT2D eigenvalue weighted by Crippen LogP contribution is -2.35. The third-order valence-electron chi connectivity index (χ3n) is 3.23. The van der Waals surface area contributed by atoms with E-state index < -0.39 is 0 Å². The Labute approximate surface area is 102 Å². The normalized spacial score (nSPS) is 24.4. The van der Waals surface area contributed by atoms with Crippen molar-refractivity contribution in [1.82, 2.24) is 0 Å². The van der Waals surface area contributed by atoms with Gasteiger partial charge < -0.3 is 20.5 Å². The zero-order chi connectivity index (χ0) is 12.3. The van der Waals surface area contributed by atoms with Crippen LogP contribution in [-0.2, 0) is 4.74 Å². The molecule has 0 saturated carbocycles. The molecule has 94 valence electrons. The minimum absolute atomic E-state index is 0.456. The van der Waals surface area contributed by atoms with Crippen LogP contribution in [0.1, 0.15) is 13.3 Å². The molecule has 1 aromatic rings. The molecule has 0 radical (unpaired) electrons. The summed E-state index contributed by atoms with van der Waals surface area (Å²) in [6.45, 7) is 3.85. The highest BCUT2D eigenvalue weighted by Gasteiger charge is 2.21. The maximum atomic E-state index is 5.79. The Hall–Kier alpha value is -1.42. The molecule has 17 heavy (non-hydrogen) atoms. The molecule has 0 aromatic heterocycles. The lowest BCUT2D eigenvalue weighted by Gasteiger charge is -2.30. The number of nitrogens with two attached hydrogens (primary N) is 1. The smallest absolute Gasteiger partial charge is 0.143 e. The number of anilines is 2. The van der Waals surface area contributed by atoms with Gasteiger partial charge in [-0.2, -0.15) is 0 Å². The van der Waals surface area contributed by atoms with Gasteiger partial charge in [-0.1, -0.05) is 6.92 Å². The minimum Gasteiger partial charge on any atom is -0.495 e. The number of hydrogen-bond donors (Lipinski definition) is 2. The predicted molar refractivity (Wildman–Crippen MR) is 69.4 cm³/mol. The van der Waals surface area contributed by atoms with E-state index in [2.05, 4.69) is 12.2 Å². The van der Waals surface area contributed by atoms with Gasteiger partial charge in [0.1, 0.15) is 5.75 Å². The molecule has 2 atom stereocenters. The SMILES string of the molecule is COc1cc(NC2CCOCC2C)ccc1N. The second-order valence-corrected chi connectivity index (χ2v) is 4.55. The first-order valence-corrected chi connectivity index (χ1v) is 5.98. The van der Waals surface area contributed by atoms with Crippen LogP contribution in [0.5, 0.6) is 5.75 Å². The second kappa shape index (κ2) is 5.27. The van der Waals surface area contributed by atoms with Gasteiger partial charge in [-0.05, 0) is 24.5 Å². The first-order chi connectivity index (χ1) is 8.20. The van der Waals surface area contributed by atoms with Gasteiger partial charge in [0, 0.05) is 24.4 Å². The van der Waals surface area contributed by atoms with Crippen LogP contribution >= 0.6 is 0 Å². The number of ether oxygens (including phenoxy) is 2. The number of methoxy groups -OCH3 is 1. The van der Waals surface area contributed by atoms with Crippen LogP contribution < -0.4 is 15.8 Å². The summed E-state index contributed by atoms with van der Waals surface area (Å²) in [5, 5.41) is 3.52. The van der Waals surface area contributed by atoms with Crippen LogP contribution in [0.3, 0.4) is 0 Å². The number of nitrogens with one attached hydrogen (secondary N) is 1. The molecular formula is C13H20N2O2. The van der Waals surface area contributed by atoms with Crippen molar-refractivity contribution in [2.45, 2.75) is 19.4 Å². The van der Waals surface area contributed by atoms with Crippen molar-refractivity contribution >= 4 is 11.4 Å². The summed E-state index contributed by atoms with van der Waals surface area (Å²) in [5.74, 6) is 1.24. The predicted octanol–water partition coefficient (Wildman–Crippen LogP) is 2.11. The molecule has 1 aromatic carbocycles. The van der Waals surface area contributed by atoms with Gasteiger partial charge in [0.2, 0.25) is 0 Å². The first kappa shape index (κ1) is 12.0. The molecular weight excluding hydrogens is 216 g/mol. The quantitative estimate of drug-likeness (QED) is 0.789. The Bertz CT molecular complexity index is 382. The zero-order valence-corrected chi connectivity index (χ0v) is 10.4. The van der Waals surface area contributed by atoms with E-state index in [9.17, 15) is 0 Å². The van der Waals surface area contributed by atoms with Gasteiger partial charge in [0.15, 0.2) is 0 Å². The molecule has 0 spiro atoms.